The molecule has 13 heavy (non-hydrogen) atoms. The molecule has 3 heteroatoms. The SMILES string of the molecule is CCN(C)C(=O)C(CN)CC(C)C. The van der Waals surface area contributed by atoms with E-state index < -0.39 is 0 Å². The molecule has 1 amide bonds. The standard InChI is InChI=1S/C10H22N2O/c1-5-12(4)10(13)9(7-11)6-8(2)3/h8-9H,5-7,11H2,1-4H3. The van der Waals surface area contributed by atoms with Crippen molar-refractivity contribution in [2.45, 2.75) is 27.2 Å². The first kappa shape index (κ1) is 12.4. The quantitative estimate of drug-likeness (QED) is 0.698. The predicted molar refractivity (Wildman–Crippen MR) is 55.3 cm³/mol. The molecule has 0 aliphatic carbocycles. The van der Waals surface area contributed by atoms with Crippen molar-refractivity contribution in [2.24, 2.45) is 17.6 Å². The van der Waals surface area contributed by atoms with Crippen LogP contribution in [0.1, 0.15) is 27.2 Å². The summed E-state index contributed by atoms with van der Waals surface area (Å²) in [6.07, 6.45) is 0.889. The third-order valence-electron chi connectivity index (χ3n) is 2.24. The van der Waals surface area contributed by atoms with Gasteiger partial charge < -0.3 is 10.6 Å². The van der Waals surface area contributed by atoms with Crippen molar-refractivity contribution in [1.29, 1.82) is 0 Å². The van der Waals surface area contributed by atoms with Crippen LogP contribution in [0.4, 0.5) is 0 Å². The minimum absolute atomic E-state index is 0.00458. The molecule has 1 atom stereocenters. The molecule has 0 aliphatic heterocycles. The highest BCUT2D eigenvalue weighted by molar-refractivity contribution is 5.78. The average Bonchev–Trinajstić information content (AvgIpc) is 2.11. The van der Waals surface area contributed by atoms with Gasteiger partial charge in [-0.05, 0) is 19.3 Å². The molecule has 0 spiro atoms. The van der Waals surface area contributed by atoms with Crippen LogP contribution >= 0.6 is 0 Å². The topological polar surface area (TPSA) is 46.3 Å². The fraction of sp³-hybridized carbons (Fsp3) is 0.900. The summed E-state index contributed by atoms with van der Waals surface area (Å²) in [4.78, 5) is 13.4. The number of carbonyl (C=O) groups is 1. The van der Waals surface area contributed by atoms with Crippen LogP contribution in [0.15, 0.2) is 0 Å². The molecule has 1 unspecified atom stereocenters. The minimum atomic E-state index is 0.00458. The lowest BCUT2D eigenvalue weighted by molar-refractivity contribution is -0.134. The minimum Gasteiger partial charge on any atom is -0.346 e. The summed E-state index contributed by atoms with van der Waals surface area (Å²) in [5.74, 6) is 0.714. The Morgan fingerprint density at radius 2 is 2.00 bits per heavy atom. The summed E-state index contributed by atoms with van der Waals surface area (Å²) in [6, 6.07) is 0. The summed E-state index contributed by atoms with van der Waals surface area (Å²) in [5, 5.41) is 0. The van der Waals surface area contributed by atoms with E-state index in [1.165, 1.54) is 0 Å². The Morgan fingerprint density at radius 1 is 1.46 bits per heavy atom. The van der Waals surface area contributed by atoms with Gasteiger partial charge in [-0.3, -0.25) is 4.79 Å². The van der Waals surface area contributed by atoms with Crippen molar-refractivity contribution >= 4 is 5.91 Å². The highest BCUT2D eigenvalue weighted by Crippen LogP contribution is 2.12. The molecule has 0 radical (unpaired) electrons. The molecule has 0 bridgehead atoms. The van der Waals surface area contributed by atoms with Crippen LogP contribution in [-0.4, -0.2) is 30.9 Å². The van der Waals surface area contributed by atoms with E-state index in [1.807, 2.05) is 14.0 Å². The Labute approximate surface area is 81.3 Å². The monoisotopic (exact) mass is 186 g/mol. The molecule has 0 aromatic rings. The van der Waals surface area contributed by atoms with Crippen LogP contribution in [0.2, 0.25) is 0 Å². The maximum absolute atomic E-state index is 11.7. The lowest BCUT2D eigenvalue weighted by Gasteiger charge is -2.22. The largest absolute Gasteiger partial charge is 0.346 e. The number of carbonyl (C=O) groups excluding carboxylic acids is 1. The zero-order chi connectivity index (χ0) is 10.4. The predicted octanol–water partition coefficient (Wildman–Crippen LogP) is 1.09. The van der Waals surface area contributed by atoms with Gasteiger partial charge in [-0.1, -0.05) is 13.8 Å². The van der Waals surface area contributed by atoms with Crippen molar-refractivity contribution < 1.29 is 4.79 Å². The van der Waals surface area contributed by atoms with Gasteiger partial charge in [0.2, 0.25) is 5.91 Å². The molecule has 0 saturated heterocycles. The zero-order valence-corrected chi connectivity index (χ0v) is 9.21. The van der Waals surface area contributed by atoms with Crippen LogP contribution in [0.3, 0.4) is 0 Å². The molecule has 0 fully saturated rings. The van der Waals surface area contributed by atoms with Crippen LogP contribution in [0.25, 0.3) is 0 Å². The van der Waals surface area contributed by atoms with Crippen LogP contribution < -0.4 is 5.73 Å². The van der Waals surface area contributed by atoms with Crippen LogP contribution in [-0.2, 0) is 4.79 Å². The summed E-state index contributed by atoms with van der Waals surface area (Å²) in [7, 11) is 1.82. The summed E-state index contributed by atoms with van der Waals surface area (Å²) in [6.45, 7) is 7.42. The first-order valence-corrected chi connectivity index (χ1v) is 4.97. The Kier molecular flexibility index (Phi) is 5.71. The lowest BCUT2D eigenvalue weighted by Crippen LogP contribution is -2.37. The maximum atomic E-state index is 11.7. The van der Waals surface area contributed by atoms with Crippen molar-refractivity contribution in [3.05, 3.63) is 0 Å². The van der Waals surface area contributed by atoms with Gasteiger partial charge in [0.1, 0.15) is 0 Å². The van der Waals surface area contributed by atoms with Crippen molar-refractivity contribution in [2.75, 3.05) is 20.1 Å². The number of hydrogen-bond donors (Lipinski definition) is 1. The fourth-order valence-corrected chi connectivity index (χ4v) is 1.33. The number of rotatable bonds is 5. The van der Waals surface area contributed by atoms with E-state index in [4.69, 9.17) is 5.73 Å². The number of nitrogens with zero attached hydrogens (tertiary/aromatic N) is 1. The zero-order valence-electron chi connectivity index (χ0n) is 9.21. The smallest absolute Gasteiger partial charge is 0.226 e. The van der Waals surface area contributed by atoms with E-state index >= 15 is 0 Å². The van der Waals surface area contributed by atoms with Gasteiger partial charge in [-0.15, -0.1) is 0 Å². The normalized spacial score (nSPS) is 13.1. The lowest BCUT2D eigenvalue weighted by atomic mass is 9.96. The molecule has 0 heterocycles. The molecule has 2 N–H and O–H groups in total. The summed E-state index contributed by atoms with van der Waals surface area (Å²) >= 11 is 0. The van der Waals surface area contributed by atoms with Gasteiger partial charge in [0, 0.05) is 20.1 Å². The molecule has 0 aromatic heterocycles. The molecule has 0 rings (SSSR count). The fourth-order valence-electron chi connectivity index (χ4n) is 1.33. The van der Waals surface area contributed by atoms with Crippen molar-refractivity contribution in [3.63, 3.8) is 0 Å². The van der Waals surface area contributed by atoms with Gasteiger partial charge in [0.05, 0.1) is 5.92 Å². The molecular formula is C10H22N2O. The molecule has 78 valence electrons. The van der Waals surface area contributed by atoms with Crippen LogP contribution in [0.5, 0.6) is 0 Å². The second-order valence-electron chi connectivity index (χ2n) is 3.91. The summed E-state index contributed by atoms with van der Waals surface area (Å²) in [5.41, 5.74) is 5.57. The van der Waals surface area contributed by atoms with Gasteiger partial charge >= 0.3 is 0 Å². The van der Waals surface area contributed by atoms with E-state index in [0.29, 0.717) is 12.5 Å². The Hall–Kier alpha value is -0.570. The molecule has 3 nitrogen and oxygen atoms in total. The highest BCUT2D eigenvalue weighted by Gasteiger charge is 2.20. The first-order valence-electron chi connectivity index (χ1n) is 4.97. The first-order chi connectivity index (χ1) is 6.02. The van der Waals surface area contributed by atoms with Crippen LogP contribution in [0, 0.1) is 11.8 Å². The van der Waals surface area contributed by atoms with Gasteiger partial charge in [0.15, 0.2) is 0 Å². The third-order valence-corrected chi connectivity index (χ3v) is 2.24. The van der Waals surface area contributed by atoms with E-state index in [0.717, 1.165) is 13.0 Å². The number of nitrogens with two attached hydrogens (primary N) is 1. The number of hydrogen-bond acceptors (Lipinski definition) is 2. The van der Waals surface area contributed by atoms with Gasteiger partial charge in [-0.2, -0.15) is 0 Å². The summed E-state index contributed by atoms with van der Waals surface area (Å²) < 4.78 is 0. The van der Waals surface area contributed by atoms with Gasteiger partial charge in [-0.25, -0.2) is 0 Å². The maximum Gasteiger partial charge on any atom is 0.226 e. The molecule has 0 aliphatic rings. The molecule has 0 saturated carbocycles. The Bertz CT molecular complexity index is 157. The van der Waals surface area contributed by atoms with Gasteiger partial charge in [0.25, 0.3) is 0 Å². The van der Waals surface area contributed by atoms with E-state index in [2.05, 4.69) is 13.8 Å². The number of amides is 1. The third kappa shape index (κ3) is 4.27. The van der Waals surface area contributed by atoms with Crippen molar-refractivity contribution in [3.8, 4) is 0 Å². The average molecular weight is 186 g/mol. The molecular weight excluding hydrogens is 164 g/mol. The Balaban J connectivity index is 4.14. The molecule has 0 aromatic carbocycles. The Morgan fingerprint density at radius 3 is 2.31 bits per heavy atom. The van der Waals surface area contributed by atoms with E-state index in [1.54, 1.807) is 4.90 Å². The van der Waals surface area contributed by atoms with E-state index in [9.17, 15) is 4.79 Å². The van der Waals surface area contributed by atoms with E-state index in [-0.39, 0.29) is 11.8 Å². The highest BCUT2D eigenvalue weighted by atomic mass is 16.2. The van der Waals surface area contributed by atoms with Crippen molar-refractivity contribution in [1.82, 2.24) is 4.90 Å². The second-order valence-corrected chi connectivity index (χ2v) is 3.91. The second kappa shape index (κ2) is 5.97.